The molecule has 0 N–H and O–H groups in total. The van der Waals surface area contributed by atoms with Crippen LogP contribution >= 0.6 is 0 Å². The summed E-state index contributed by atoms with van der Waals surface area (Å²) in [5, 5.41) is 1.70. The highest BCUT2D eigenvalue weighted by Crippen LogP contribution is 2.35. The summed E-state index contributed by atoms with van der Waals surface area (Å²) in [5.41, 5.74) is 2.72. The zero-order valence-corrected chi connectivity index (χ0v) is 18.4. The van der Waals surface area contributed by atoms with E-state index in [1.165, 1.54) is 17.7 Å². The molecule has 0 bridgehead atoms. The zero-order valence-electron chi connectivity index (χ0n) is 18.4. The van der Waals surface area contributed by atoms with Gasteiger partial charge in [0.05, 0.1) is 5.56 Å². The molecule has 0 spiro atoms. The van der Waals surface area contributed by atoms with Gasteiger partial charge in [0.2, 0.25) is 0 Å². The average molecular weight is 443 g/mol. The summed E-state index contributed by atoms with van der Waals surface area (Å²) in [6.07, 6.45) is 4.35. The van der Waals surface area contributed by atoms with Crippen molar-refractivity contribution in [3.63, 3.8) is 0 Å². The molecule has 0 unspecified atom stereocenters. The Bertz CT molecular complexity index is 1300. The Balaban J connectivity index is 1.75. The number of hydrogen-bond donors (Lipinski definition) is 0. The van der Waals surface area contributed by atoms with Crippen LogP contribution in [0.1, 0.15) is 29.3 Å². The number of aryl methyl sites for hydroxylation is 1. The van der Waals surface area contributed by atoms with Gasteiger partial charge in [-0.2, -0.15) is 0 Å². The smallest absolute Gasteiger partial charge is 0.151 e. The summed E-state index contributed by atoms with van der Waals surface area (Å²) in [6.45, 7) is 6.05. The van der Waals surface area contributed by atoms with Gasteiger partial charge in [-0.3, -0.25) is 4.79 Å². The van der Waals surface area contributed by atoms with E-state index in [-0.39, 0.29) is 5.56 Å². The van der Waals surface area contributed by atoms with E-state index in [1.54, 1.807) is 36.4 Å². The number of fused-ring (bicyclic) bond motifs is 1. The third kappa shape index (κ3) is 4.56. The molecule has 0 aliphatic rings. The van der Waals surface area contributed by atoms with Crippen LogP contribution in [0.25, 0.3) is 33.0 Å². The first-order valence-electron chi connectivity index (χ1n) is 10.9. The predicted octanol–water partition coefficient (Wildman–Crippen LogP) is 7.78. The summed E-state index contributed by atoms with van der Waals surface area (Å²) in [4.78, 5) is 12.0. The summed E-state index contributed by atoms with van der Waals surface area (Å²) < 4.78 is 35.6. The van der Waals surface area contributed by atoms with Gasteiger partial charge >= 0.3 is 0 Å². The average Bonchev–Trinajstić information content (AvgIpc) is 2.82. The van der Waals surface area contributed by atoms with Crippen LogP contribution in [0.2, 0.25) is 0 Å². The monoisotopic (exact) mass is 442 g/mol. The molecule has 33 heavy (non-hydrogen) atoms. The molecule has 0 atom stereocenters. The van der Waals surface area contributed by atoms with Gasteiger partial charge < -0.3 is 4.74 Å². The Hall–Kier alpha value is -3.79. The van der Waals surface area contributed by atoms with E-state index in [2.05, 4.69) is 19.6 Å². The van der Waals surface area contributed by atoms with Gasteiger partial charge in [0, 0.05) is 5.56 Å². The maximum absolute atomic E-state index is 15.1. The number of aldehydes is 1. The molecule has 4 heteroatoms. The molecule has 0 fully saturated rings. The molecule has 166 valence electrons. The van der Waals surface area contributed by atoms with Crippen LogP contribution in [0.15, 0.2) is 79.4 Å². The van der Waals surface area contributed by atoms with Crippen LogP contribution in [-0.2, 0) is 6.42 Å². The molecule has 0 saturated carbocycles. The number of carbonyl (C=O) groups excluding carboxylic acids is 1. The van der Waals surface area contributed by atoms with Gasteiger partial charge in [-0.1, -0.05) is 68.5 Å². The van der Waals surface area contributed by atoms with Gasteiger partial charge in [0.1, 0.15) is 24.0 Å². The van der Waals surface area contributed by atoms with Crippen molar-refractivity contribution < 1.29 is 18.3 Å². The lowest BCUT2D eigenvalue weighted by molar-refractivity contribution is 0.112. The van der Waals surface area contributed by atoms with Crippen molar-refractivity contribution in [2.24, 2.45) is 0 Å². The van der Waals surface area contributed by atoms with Crippen LogP contribution in [0.4, 0.5) is 8.78 Å². The normalized spacial score (nSPS) is 10.9. The van der Waals surface area contributed by atoms with Crippen LogP contribution in [-0.4, -0.2) is 12.9 Å². The maximum Gasteiger partial charge on any atom is 0.151 e. The van der Waals surface area contributed by atoms with Gasteiger partial charge in [-0.25, -0.2) is 8.78 Å². The summed E-state index contributed by atoms with van der Waals surface area (Å²) >= 11 is 0. The van der Waals surface area contributed by atoms with Crippen molar-refractivity contribution in [2.75, 3.05) is 6.61 Å². The molecule has 0 radical (unpaired) electrons. The SMILES string of the molecule is C=CCOc1ccc(-c2c(F)cc(-c3ccc4cc(CCC)ccc4c3C=O)cc2F)cc1. The maximum atomic E-state index is 15.1. The van der Waals surface area contributed by atoms with E-state index in [1.807, 2.05) is 18.2 Å². The highest BCUT2D eigenvalue weighted by atomic mass is 19.1. The van der Waals surface area contributed by atoms with Crippen molar-refractivity contribution >= 4 is 17.1 Å². The predicted molar refractivity (Wildman–Crippen MR) is 130 cm³/mol. The lowest BCUT2D eigenvalue weighted by atomic mass is 9.92. The largest absolute Gasteiger partial charge is 0.490 e. The first-order valence-corrected chi connectivity index (χ1v) is 10.9. The van der Waals surface area contributed by atoms with Gasteiger partial charge in [-0.15, -0.1) is 0 Å². The Morgan fingerprint density at radius 2 is 1.64 bits per heavy atom. The number of carbonyl (C=O) groups is 1. The van der Waals surface area contributed by atoms with E-state index in [0.29, 0.717) is 34.6 Å². The van der Waals surface area contributed by atoms with E-state index in [9.17, 15) is 4.79 Å². The first-order chi connectivity index (χ1) is 16.0. The van der Waals surface area contributed by atoms with E-state index < -0.39 is 11.6 Å². The van der Waals surface area contributed by atoms with Gasteiger partial charge in [0.15, 0.2) is 6.29 Å². The quantitative estimate of drug-likeness (QED) is 0.206. The second kappa shape index (κ2) is 9.78. The van der Waals surface area contributed by atoms with Crippen LogP contribution in [0.3, 0.4) is 0 Å². The Labute approximate surface area is 192 Å². The van der Waals surface area contributed by atoms with E-state index >= 15 is 8.78 Å². The number of ether oxygens (including phenoxy) is 1. The third-order valence-corrected chi connectivity index (χ3v) is 5.65. The lowest BCUT2D eigenvalue weighted by Gasteiger charge is -2.13. The molecule has 0 heterocycles. The molecule has 0 aliphatic carbocycles. The molecule has 0 aromatic heterocycles. The molecule has 4 rings (SSSR count). The van der Waals surface area contributed by atoms with Gasteiger partial charge in [0.25, 0.3) is 0 Å². The fourth-order valence-electron chi connectivity index (χ4n) is 4.10. The Kier molecular flexibility index (Phi) is 6.64. The number of halogens is 2. The Morgan fingerprint density at radius 1 is 0.909 bits per heavy atom. The van der Waals surface area contributed by atoms with Crippen molar-refractivity contribution in [1.82, 2.24) is 0 Å². The fraction of sp³-hybridized carbons (Fsp3) is 0.138. The summed E-state index contributed by atoms with van der Waals surface area (Å²) in [7, 11) is 0. The standard InChI is InChI=1S/C29H24F2O2/c1-3-5-19-6-12-24-21(15-19)9-13-25(26(24)18-32)22-16-27(30)29(28(31)17-22)20-7-10-23(11-8-20)33-14-4-2/h4,6-13,15-18H,2-3,5,14H2,1H3. The molecule has 4 aromatic carbocycles. The Morgan fingerprint density at radius 3 is 2.27 bits per heavy atom. The number of benzene rings is 4. The second-order valence-electron chi connectivity index (χ2n) is 7.89. The molecular weight excluding hydrogens is 418 g/mol. The third-order valence-electron chi connectivity index (χ3n) is 5.65. The minimum atomic E-state index is -0.694. The van der Waals surface area contributed by atoms with Gasteiger partial charge in [-0.05, 0) is 63.7 Å². The van der Waals surface area contributed by atoms with Crippen molar-refractivity contribution in [1.29, 1.82) is 0 Å². The molecule has 0 aliphatic heterocycles. The van der Waals surface area contributed by atoms with Crippen LogP contribution in [0, 0.1) is 11.6 Å². The van der Waals surface area contributed by atoms with Crippen molar-refractivity contribution in [2.45, 2.75) is 19.8 Å². The highest BCUT2D eigenvalue weighted by molar-refractivity contribution is 6.04. The summed E-state index contributed by atoms with van der Waals surface area (Å²) in [6, 6.07) is 18.7. The zero-order chi connectivity index (χ0) is 23.4. The molecule has 2 nitrogen and oxygen atoms in total. The fourth-order valence-corrected chi connectivity index (χ4v) is 4.10. The summed E-state index contributed by atoms with van der Waals surface area (Å²) in [5.74, 6) is -0.801. The van der Waals surface area contributed by atoms with Crippen LogP contribution in [0.5, 0.6) is 5.75 Å². The number of hydrogen-bond acceptors (Lipinski definition) is 2. The first kappa shape index (κ1) is 22.4. The van der Waals surface area contributed by atoms with E-state index in [0.717, 1.165) is 29.9 Å². The molecular formula is C29H24F2O2. The van der Waals surface area contributed by atoms with Crippen molar-refractivity contribution in [3.8, 4) is 28.0 Å². The topological polar surface area (TPSA) is 26.3 Å². The van der Waals surface area contributed by atoms with E-state index in [4.69, 9.17) is 4.74 Å². The highest BCUT2D eigenvalue weighted by Gasteiger charge is 2.17. The molecule has 4 aromatic rings. The lowest BCUT2D eigenvalue weighted by Crippen LogP contribution is -1.96. The molecule has 0 amide bonds. The van der Waals surface area contributed by atoms with Crippen molar-refractivity contribution in [3.05, 3.63) is 102 Å². The van der Waals surface area contributed by atoms with Crippen LogP contribution < -0.4 is 4.74 Å². The second-order valence-corrected chi connectivity index (χ2v) is 7.89. The number of rotatable bonds is 8. The minimum absolute atomic E-state index is 0.119. The molecule has 0 saturated heterocycles. The minimum Gasteiger partial charge on any atom is -0.490 e.